The molecule has 2 aromatic rings. The average molecular weight is 247 g/mol. The molecule has 0 aliphatic rings. The van der Waals surface area contributed by atoms with Gasteiger partial charge < -0.3 is 15.0 Å². The highest BCUT2D eigenvalue weighted by atomic mass is 16.5. The van der Waals surface area contributed by atoms with E-state index in [0.717, 1.165) is 23.3 Å². The molecule has 0 radical (unpaired) electrons. The van der Waals surface area contributed by atoms with Crippen molar-refractivity contribution in [2.75, 3.05) is 14.2 Å². The van der Waals surface area contributed by atoms with Gasteiger partial charge in [0.25, 0.3) is 0 Å². The standard InChI is InChI=1S/C13H17N3O2/c1-8(14-2)6-12-10-7-9(18-3)4-5-11(10)15-13(17)16-12/h4-5,7-8,14H,6H2,1-3H3,(H,15,16,17). The summed E-state index contributed by atoms with van der Waals surface area (Å²) < 4.78 is 5.20. The zero-order valence-corrected chi connectivity index (χ0v) is 10.8. The molecule has 0 bridgehead atoms. The van der Waals surface area contributed by atoms with Gasteiger partial charge in [-0.3, -0.25) is 0 Å². The number of likely N-dealkylation sites (N-methyl/N-ethyl adjacent to an activating group) is 1. The Bertz CT molecular complexity index is 607. The number of ether oxygens (including phenoxy) is 1. The summed E-state index contributed by atoms with van der Waals surface area (Å²) in [6.07, 6.45) is 0.734. The van der Waals surface area contributed by atoms with Gasteiger partial charge in [0.05, 0.1) is 12.6 Å². The average Bonchev–Trinajstić information content (AvgIpc) is 2.38. The first kappa shape index (κ1) is 12.6. The highest BCUT2D eigenvalue weighted by molar-refractivity contribution is 5.82. The molecule has 2 N–H and O–H groups in total. The molecule has 0 aliphatic carbocycles. The number of fused-ring (bicyclic) bond motifs is 1. The van der Waals surface area contributed by atoms with E-state index in [1.54, 1.807) is 19.2 Å². The molecule has 1 aromatic carbocycles. The Hall–Kier alpha value is -1.88. The summed E-state index contributed by atoms with van der Waals surface area (Å²) in [5.41, 5.74) is 1.26. The number of hydrogen-bond donors (Lipinski definition) is 2. The summed E-state index contributed by atoms with van der Waals surface area (Å²) >= 11 is 0. The Morgan fingerprint density at radius 2 is 2.28 bits per heavy atom. The zero-order chi connectivity index (χ0) is 13.1. The quantitative estimate of drug-likeness (QED) is 0.848. The fourth-order valence-corrected chi connectivity index (χ4v) is 1.88. The van der Waals surface area contributed by atoms with Gasteiger partial charge in [-0.2, -0.15) is 4.98 Å². The van der Waals surface area contributed by atoms with Crippen LogP contribution in [0.25, 0.3) is 10.9 Å². The minimum Gasteiger partial charge on any atom is -0.497 e. The van der Waals surface area contributed by atoms with Crippen LogP contribution in [0.1, 0.15) is 12.6 Å². The molecule has 5 heteroatoms. The molecular formula is C13H17N3O2. The van der Waals surface area contributed by atoms with E-state index in [0.29, 0.717) is 5.52 Å². The van der Waals surface area contributed by atoms with Crippen LogP contribution in [0.3, 0.4) is 0 Å². The predicted octanol–water partition coefficient (Wildman–Crippen LogP) is 1.08. The normalized spacial score (nSPS) is 12.6. The number of H-pyrrole nitrogens is 1. The minimum atomic E-state index is -0.314. The van der Waals surface area contributed by atoms with E-state index >= 15 is 0 Å². The van der Waals surface area contributed by atoms with E-state index in [-0.39, 0.29) is 11.7 Å². The van der Waals surface area contributed by atoms with Crippen molar-refractivity contribution in [2.45, 2.75) is 19.4 Å². The van der Waals surface area contributed by atoms with Crippen LogP contribution in [0, 0.1) is 0 Å². The zero-order valence-electron chi connectivity index (χ0n) is 10.8. The summed E-state index contributed by atoms with van der Waals surface area (Å²) in [4.78, 5) is 18.3. The number of nitrogens with zero attached hydrogens (tertiary/aromatic N) is 1. The number of benzene rings is 1. The van der Waals surface area contributed by atoms with E-state index in [1.165, 1.54) is 0 Å². The smallest absolute Gasteiger partial charge is 0.345 e. The van der Waals surface area contributed by atoms with Crippen molar-refractivity contribution in [3.8, 4) is 5.75 Å². The van der Waals surface area contributed by atoms with E-state index in [1.807, 2.05) is 13.1 Å². The highest BCUT2D eigenvalue weighted by Gasteiger charge is 2.09. The lowest BCUT2D eigenvalue weighted by Crippen LogP contribution is -2.25. The van der Waals surface area contributed by atoms with Gasteiger partial charge in [-0.15, -0.1) is 0 Å². The van der Waals surface area contributed by atoms with Crippen molar-refractivity contribution in [1.82, 2.24) is 15.3 Å². The molecular weight excluding hydrogens is 230 g/mol. The number of nitrogens with one attached hydrogen (secondary N) is 2. The van der Waals surface area contributed by atoms with Crippen LogP contribution in [0.2, 0.25) is 0 Å². The van der Waals surface area contributed by atoms with Gasteiger partial charge in [0.2, 0.25) is 0 Å². The maximum Gasteiger partial charge on any atom is 0.345 e. The highest BCUT2D eigenvalue weighted by Crippen LogP contribution is 2.21. The fraction of sp³-hybridized carbons (Fsp3) is 0.385. The number of hydrogen-bond acceptors (Lipinski definition) is 4. The minimum absolute atomic E-state index is 0.275. The van der Waals surface area contributed by atoms with Gasteiger partial charge >= 0.3 is 5.69 Å². The van der Waals surface area contributed by atoms with Gasteiger partial charge in [0, 0.05) is 23.5 Å². The Kier molecular flexibility index (Phi) is 3.62. The third-order valence-electron chi connectivity index (χ3n) is 3.01. The third-order valence-corrected chi connectivity index (χ3v) is 3.01. The molecule has 1 unspecified atom stereocenters. The molecule has 96 valence electrons. The molecule has 0 spiro atoms. The molecule has 1 atom stereocenters. The molecule has 2 rings (SSSR count). The van der Waals surface area contributed by atoms with E-state index in [4.69, 9.17) is 4.74 Å². The van der Waals surface area contributed by atoms with Crippen LogP contribution in [-0.2, 0) is 6.42 Å². The van der Waals surface area contributed by atoms with Gasteiger partial charge in [-0.25, -0.2) is 4.79 Å². The van der Waals surface area contributed by atoms with Crippen molar-refractivity contribution in [1.29, 1.82) is 0 Å². The number of aromatic amines is 1. The van der Waals surface area contributed by atoms with Crippen LogP contribution >= 0.6 is 0 Å². The number of rotatable bonds is 4. The van der Waals surface area contributed by atoms with Crippen LogP contribution in [0.15, 0.2) is 23.0 Å². The summed E-state index contributed by atoms with van der Waals surface area (Å²) in [5, 5.41) is 4.08. The van der Waals surface area contributed by atoms with Gasteiger partial charge in [-0.05, 0) is 32.2 Å². The van der Waals surface area contributed by atoms with E-state index < -0.39 is 0 Å². The lowest BCUT2D eigenvalue weighted by Gasteiger charge is -2.12. The lowest BCUT2D eigenvalue weighted by atomic mass is 10.1. The summed E-state index contributed by atoms with van der Waals surface area (Å²) in [6.45, 7) is 2.06. The van der Waals surface area contributed by atoms with Crippen LogP contribution in [0.4, 0.5) is 0 Å². The number of aromatic nitrogens is 2. The first-order chi connectivity index (χ1) is 8.63. The monoisotopic (exact) mass is 247 g/mol. The first-order valence-corrected chi connectivity index (χ1v) is 5.88. The predicted molar refractivity (Wildman–Crippen MR) is 71.1 cm³/mol. The van der Waals surface area contributed by atoms with Crippen LogP contribution in [-0.4, -0.2) is 30.2 Å². The van der Waals surface area contributed by atoms with Gasteiger partial charge in [0.15, 0.2) is 0 Å². The van der Waals surface area contributed by atoms with Gasteiger partial charge in [0.1, 0.15) is 5.75 Å². The lowest BCUT2D eigenvalue weighted by molar-refractivity contribution is 0.415. The van der Waals surface area contributed by atoms with Crippen LogP contribution < -0.4 is 15.7 Å². The Labute approximate surface area is 105 Å². The van der Waals surface area contributed by atoms with E-state index in [9.17, 15) is 4.79 Å². The van der Waals surface area contributed by atoms with Crippen molar-refractivity contribution in [3.05, 3.63) is 34.4 Å². The topological polar surface area (TPSA) is 67.0 Å². The first-order valence-electron chi connectivity index (χ1n) is 5.88. The maximum absolute atomic E-state index is 11.5. The van der Waals surface area contributed by atoms with Gasteiger partial charge in [-0.1, -0.05) is 0 Å². The molecule has 18 heavy (non-hydrogen) atoms. The van der Waals surface area contributed by atoms with Crippen molar-refractivity contribution in [3.63, 3.8) is 0 Å². The second-order valence-electron chi connectivity index (χ2n) is 4.30. The molecule has 0 aliphatic heterocycles. The second kappa shape index (κ2) is 5.18. The number of methoxy groups -OCH3 is 1. The molecule has 1 aromatic heterocycles. The summed E-state index contributed by atoms with van der Waals surface area (Å²) in [5.74, 6) is 0.759. The molecule has 0 amide bonds. The van der Waals surface area contributed by atoms with Crippen molar-refractivity contribution in [2.24, 2.45) is 0 Å². The molecule has 0 saturated heterocycles. The van der Waals surface area contributed by atoms with E-state index in [2.05, 4.69) is 22.2 Å². The molecule has 1 heterocycles. The Morgan fingerprint density at radius 1 is 1.50 bits per heavy atom. The Morgan fingerprint density at radius 3 is 2.94 bits per heavy atom. The SMILES string of the molecule is CNC(C)Cc1[nH]c(=O)nc2ccc(OC)cc12. The summed E-state index contributed by atoms with van der Waals surface area (Å²) in [7, 11) is 3.52. The van der Waals surface area contributed by atoms with Crippen molar-refractivity contribution < 1.29 is 4.74 Å². The maximum atomic E-state index is 11.5. The van der Waals surface area contributed by atoms with Crippen molar-refractivity contribution >= 4 is 10.9 Å². The fourth-order valence-electron chi connectivity index (χ4n) is 1.88. The third kappa shape index (κ3) is 2.51. The van der Waals surface area contributed by atoms with Crippen LogP contribution in [0.5, 0.6) is 5.75 Å². The second-order valence-corrected chi connectivity index (χ2v) is 4.30. The molecule has 0 saturated carbocycles. The molecule has 0 fully saturated rings. The summed E-state index contributed by atoms with van der Waals surface area (Å²) in [6, 6.07) is 5.78. The molecule has 5 nitrogen and oxygen atoms in total. The Balaban J connectivity index is 2.58. The largest absolute Gasteiger partial charge is 0.497 e.